The monoisotopic (exact) mass is 283 g/mol. The molecule has 2 rings (SSSR count). The second-order valence-electron chi connectivity index (χ2n) is 5.43. The van der Waals surface area contributed by atoms with Gasteiger partial charge in [-0.1, -0.05) is 12.8 Å². The largest absolute Gasteiger partial charge is 0.389 e. The lowest BCUT2D eigenvalue weighted by Gasteiger charge is -2.28. The Morgan fingerprint density at radius 3 is 2.89 bits per heavy atom. The van der Waals surface area contributed by atoms with Crippen LogP contribution in [0.5, 0.6) is 0 Å². The molecule has 106 valence electrons. The SMILES string of the molecule is CC(=O)Nc1nc(CN(C)CC2(O)CCCC2)cs1. The molecule has 0 saturated heterocycles. The molecular weight excluding hydrogens is 262 g/mol. The van der Waals surface area contributed by atoms with Gasteiger partial charge in [0.15, 0.2) is 5.13 Å². The van der Waals surface area contributed by atoms with E-state index in [0.717, 1.165) is 31.4 Å². The Morgan fingerprint density at radius 1 is 1.58 bits per heavy atom. The van der Waals surface area contributed by atoms with Gasteiger partial charge >= 0.3 is 0 Å². The molecule has 2 N–H and O–H groups in total. The minimum atomic E-state index is -0.523. The molecule has 1 aliphatic carbocycles. The van der Waals surface area contributed by atoms with E-state index >= 15 is 0 Å². The summed E-state index contributed by atoms with van der Waals surface area (Å²) in [5, 5.41) is 15.6. The zero-order valence-corrected chi connectivity index (χ0v) is 12.3. The molecule has 1 heterocycles. The first-order valence-corrected chi connectivity index (χ1v) is 7.48. The quantitative estimate of drug-likeness (QED) is 0.865. The van der Waals surface area contributed by atoms with Gasteiger partial charge in [-0.05, 0) is 19.9 Å². The number of aromatic nitrogens is 1. The van der Waals surface area contributed by atoms with E-state index in [4.69, 9.17) is 0 Å². The van der Waals surface area contributed by atoms with Crippen LogP contribution in [-0.4, -0.2) is 40.1 Å². The number of hydrogen-bond acceptors (Lipinski definition) is 5. The van der Waals surface area contributed by atoms with Gasteiger partial charge in [-0.15, -0.1) is 11.3 Å². The zero-order chi connectivity index (χ0) is 13.9. The molecule has 0 aromatic carbocycles. The molecular formula is C13H21N3O2S. The number of carbonyl (C=O) groups is 1. The first kappa shape index (κ1) is 14.4. The predicted octanol–water partition coefficient (Wildman–Crippen LogP) is 1.84. The molecule has 0 radical (unpaired) electrons. The van der Waals surface area contributed by atoms with E-state index in [1.807, 2.05) is 12.4 Å². The lowest BCUT2D eigenvalue weighted by Crippen LogP contribution is -2.38. The molecule has 1 aliphatic rings. The summed E-state index contributed by atoms with van der Waals surface area (Å²) < 4.78 is 0. The highest BCUT2D eigenvalue weighted by Gasteiger charge is 2.32. The van der Waals surface area contributed by atoms with Gasteiger partial charge in [-0.25, -0.2) is 4.98 Å². The van der Waals surface area contributed by atoms with E-state index in [9.17, 15) is 9.90 Å². The molecule has 0 aliphatic heterocycles. The van der Waals surface area contributed by atoms with Crippen molar-refractivity contribution in [2.75, 3.05) is 18.9 Å². The Morgan fingerprint density at radius 2 is 2.26 bits per heavy atom. The molecule has 5 nitrogen and oxygen atoms in total. The molecule has 1 saturated carbocycles. The molecule has 19 heavy (non-hydrogen) atoms. The number of amides is 1. The maximum atomic E-state index is 10.9. The minimum absolute atomic E-state index is 0.102. The summed E-state index contributed by atoms with van der Waals surface area (Å²) >= 11 is 1.43. The Kier molecular flexibility index (Phi) is 4.54. The van der Waals surface area contributed by atoms with E-state index in [0.29, 0.717) is 18.2 Å². The van der Waals surface area contributed by atoms with Crippen LogP contribution < -0.4 is 5.32 Å². The number of aliphatic hydroxyl groups is 1. The summed E-state index contributed by atoms with van der Waals surface area (Å²) in [7, 11) is 1.99. The maximum absolute atomic E-state index is 10.9. The number of nitrogens with zero attached hydrogens (tertiary/aromatic N) is 2. The second-order valence-corrected chi connectivity index (χ2v) is 6.29. The van der Waals surface area contributed by atoms with Crippen LogP contribution in [0.2, 0.25) is 0 Å². The van der Waals surface area contributed by atoms with Gasteiger partial charge in [-0.2, -0.15) is 0 Å². The Bertz CT molecular complexity index is 441. The van der Waals surface area contributed by atoms with Crippen molar-refractivity contribution >= 4 is 22.4 Å². The number of thiazole rings is 1. The summed E-state index contributed by atoms with van der Waals surface area (Å²) in [6.45, 7) is 2.85. The fraction of sp³-hybridized carbons (Fsp3) is 0.692. The molecule has 1 aromatic heterocycles. The van der Waals surface area contributed by atoms with Crippen molar-refractivity contribution in [1.29, 1.82) is 0 Å². The average Bonchev–Trinajstić information content (AvgIpc) is 2.87. The molecule has 1 fully saturated rings. The lowest BCUT2D eigenvalue weighted by atomic mass is 10.0. The minimum Gasteiger partial charge on any atom is -0.389 e. The van der Waals surface area contributed by atoms with E-state index in [1.54, 1.807) is 0 Å². The van der Waals surface area contributed by atoms with Gasteiger partial charge < -0.3 is 10.4 Å². The molecule has 0 unspecified atom stereocenters. The number of hydrogen-bond donors (Lipinski definition) is 2. The van der Waals surface area contributed by atoms with Crippen molar-refractivity contribution in [1.82, 2.24) is 9.88 Å². The molecule has 0 spiro atoms. The van der Waals surface area contributed by atoms with Gasteiger partial charge in [-0.3, -0.25) is 9.69 Å². The van der Waals surface area contributed by atoms with Crippen LogP contribution in [-0.2, 0) is 11.3 Å². The molecule has 1 amide bonds. The van der Waals surface area contributed by atoms with E-state index in [-0.39, 0.29) is 5.91 Å². The van der Waals surface area contributed by atoms with Crippen LogP contribution in [0.25, 0.3) is 0 Å². The highest BCUT2D eigenvalue weighted by molar-refractivity contribution is 7.13. The Labute approximate surface area is 117 Å². The number of rotatable bonds is 5. The first-order chi connectivity index (χ1) is 8.97. The van der Waals surface area contributed by atoms with Crippen LogP contribution >= 0.6 is 11.3 Å². The third-order valence-corrected chi connectivity index (χ3v) is 4.17. The fourth-order valence-corrected chi connectivity index (χ4v) is 3.36. The third-order valence-electron chi connectivity index (χ3n) is 3.37. The summed E-state index contributed by atoms with van der Waals surface area (Å²) in [6.07, 6.45) is 4.03. The Balaban J connectivity index is 1.86. The fourth-order valence-electron chi connectivity index (χ4n) is 2.61. The Hall–Kier alpha value is -0.980. The predicted molar refractivity (Wildman–Crippen MR) is 76.2 cm³/mol. The summed E-state index contributed by atoms with van der Waals surface area (Å²) in [5.74, 6) is -0.102. The van der Waals surface area contributed by atoms with Crippen LogP contribution in [0.3, 0.4) is 0 Å². The molecule has 6 heteroatoms. The van der Waals surface area contributed by atoms with Crippen LogP contribution in [0, 0.1) is 0 Å². The van der Waals surface area contributed by atoms with Crippen molar-refractivity contribution in [2.24, 2.45) is 0 Å². The highest BCUT2D eigenvalue weighted by atomic mass is 32.1. The van der Waals surface area contributed by atoms with Crippen molar-refractivity contribution < 1.29 is 9.90 Å². The number of anilines is 1. The number of likely N-dealkylation sites (N-methyl/N-ethyl adjacent to an activating group) is 1. The maximum Gasteiger partial charge on any atom is 0.223 e. The smallest absolute Gasteiger partial charge is 0.223 e. The van der Waals surface area contributed by atoms with Crippen molar-refractivity contribution in [3.05, 3.63) is 11.1 Å². The average molecular weight is 283 g/mol. The van der Waals surface area contributed by atoms with Gasteiger partial charge in [0, 0.05) is 25.4 Å². The van der Waals surface area contributed by atoms with Crippen LogP contribution in [0.4, 0.5) is 5.13 Å². The van der Waals surface area contributed by atoms with Gasteiger partial charge in [0.05, 0.1) is 11.3 Å². The summed E-state index contributed by atoms with van der Waals surface area (Å²) in [6, 6.07) is 0. The third kappa shape index (κ3) is 4.26. The normalized spacial score (nSPS) is 17.9. The zero-order valence-electron chi connectivity index (χ0n) is 11.5. The van der Waals surface area contributed by atoms with Gasteiger partial charge in [0.25, 0.3) is 0 Å². The number of nitrogens with one attached hydrogen (secondary N) is 1. The number of carbonyl (C=O) groups excluding carboxylic acids is 1. The molecule has 1 aromatic rings. The molecule has 0 bridgehead atoms. The standard InChI is InChI=1S/C13H21N3O2S/c1-10(17)14-12-15-11(8-19-12)7-16(2)9-13(18)5-3-4-6-13/h8,18H,3-7,9H2,1-2H3,(H,14,15,17). The van der Waals surface area contributed by atoms with Crippen molar-refractivity contribution in [3.63, 3.8) is 0 Å². The topological polar surface area (TPSA) is 65.5 Å². The summed E-state index contributed by atoms with van der Waals surface area (Å²) in [5.41, 5.74) is 0.406. The van der Waals surface area contributed by atoms with E-state index in [2.05, 4.69) is 15.2 Å². The van der Waals surface area contributed by atoms with Crippen LogP contribution in [0.1, 0.15) is 38.3 Å². The molecule has 0 atom stereocenters. The van der Waals surface area contributed by atoms with E-state index in [1.165, 1.54) is 18.3 Å². The lowest BCUT2D eigenvalue weighted by molar-refractivity contribution is -0.114. The second kappa shape index (κ2) is 5.98. The van der Waals surface area contributed by atoms with Crippen molar-refractivity contribution in [3.8, 4) is 0 Å². The summed E-state index contributed by atoms with van der Waals surface area (Å²) in [4.78, 5) is 17.4. The van der Waals surface area contributed by atoms with Gasteiger partial charge in [0.2, 0.25) is 5.91 Å². The van der Waals surface area contributed by atoms with Crippen LogP contribution in [0.15, 0.2) is 5.38 Å². The van der Waals surface area contributed by atoms with Gasteiger partial charge in [0.1, 0.15) is 0 Å². The first-order valence-electron chi connectivity index (χ1n) is 6.60. The highest BCUT2D eigenvalue weighted by Crippen LogP contribution is 2.30. The van der Waals surface area contributed by atoms with E-state index < -0.39 is 5.60 Å². The van der Waals surface area contributed by atoms with Crippen molar-refractivity contribution in [2.45, 2.75) is 44.8 Å².